The molecule has 0 radical (unpaired) electrons. The first-order valence-corrected chi connectivity index (χ1v) is 9.55. The van der Waals surface area contributed by atoms with Gasteiger partial charge in [0.25, 0.3) is 0 Å². The smallest absolute Gasteiger partial charge is 0.191 e. The van der Waals surface area contributed by atoms with Crippen LogP contribution in [0, 0.1) is 17.5 Å². The lowest BCUT2D eigenvalue weighted by Crippen LogP contribution is -2.45. The van der Waals surface area contributed by atoms with Crippen LogP contribution in [-0.2, 0) is 0 Å². The van der Waals surface area contributed by atoms with Gasteiger partial charge in [0.2, 0.25) is 0 Å². The number of aliphatic imine (C=N–C) groups is 1. The third-order valence-electron chi connectivity index (χ3n) is 4.43. The van der Waals surface area contributed by atoms with Crippen molar-refractivity contribution in [3.8, 4) is 5.75 Å². The van der Waals surface area contributed by atoms with Gasteiger partial charge in [-0.1, -0.05) is 0 Å². The largest absolute Gasteiger partial charge is 0.492 e. The molecule has 6 nitrogen and oxygen atoms in total. The maximum absolute atomic E-state index is 13.9. The van der Waals surface area contributed by atoms with Crippen LogP contribution in [0.15, 0.2) is 41.5 Å². The summed E-state index contributed by atoms with van der Waals surface area (Å²) < 4.78 is 45.4. The van der Waals surface area contributed by atoms with Gasteiger partial charge in [-0.3, -0.25) is 0 Å². The number of hydrogen-bond acceptors (Lipinski definition) is 4. The molecule has 1 aliphatic rings. The van der Waals surface area contributed by atoms with E-state index in [1.54, 1.807) is 12.3 Å². The molecule has 0 aliphatic carbocycles. The van der Waals surface area contributed by atoms with E-state index in [-0.39, 0.29) is 24.2 Å². The molecule has 1 aromatic heterocycles. The predicted octanol–water partition coefficient (Wildman–Crippen LogP) is 2.71. The Kier molecular flexibility index (Phi) is 7.15. The maximum Gasteiger partial charge on any atom is 0.191 e. The van der Waals surface area contributed by atoms with Crippen LogP contribution in [0.4, 0.5) is 19.0 Å². The average molecular weight is 407 g/mol. The van der Waals surface area contributed by atoms with Crippen LogP contribution in [-0.4, -0.2) is 49.8 Å². The second kappa shape index (κ2) is 9.99. The summed E-state index contributed by atoms with van der Waals surface area (Å²) in [4.78, 5) is 10.5. The second-order valence-corrected chi connectivity index (χ2v) is 6.57. The van der Waals surface area contributed by atoms with Crippen molar-refractivity contribution in [2.45, 2.75) is 19.4 Å². The van der Waals surface area contributed by atoms with E-state index in [9.17, 15) is 13.2 Å². The molecular weight excluding hydrogens is 383 g/mol. The molecule has 156 valence electrons. The monoisotopic (exact) mass is 407 g/mol. The quantitative estimate of drug-likeness (QED) is 0.420. The Morgan fingerprint density at radius 2 is 2.10 bits per heavy atom. The molecule has 1 aromatic carbocycles. The fourth-order valence-corrected chi connectivity index (χ4v) is 3.08. The molecule has 2 aromatic rings. The topological polar surface area (TPSA) is 61.8 Å². The minimum Gasteiger partial charge on any atom is -0.492 e. The summed E-state index contributed by atoms with van der Waals surface area (Å²) >= 11 is 0. The lowest BCUT2D eigenvalue weighted by atomic mass is 10.3. The molecule has 1 unspecified atom stereocenters. The molecule has 1 fully saturated rings. The lowest BCUT2D eigenvalue weighted by molar-refractivity contribution is 0.325. The van der Waals surface area contributed by atoms with Gasteiger partial charge >= 0.3 is 0 Å². The number of rotatable bonds is 7. The van der Waals surface area contributed by atoms with E-state index in [1.807, 2.05) is 11.8 Å². The van der Waals surface area contributed by atoms with E-state index in [1.165, 1.54) is 12.1 Å². The zero-order valence-electron chi connectivity index (χ0n) is 16.2. The van der Waals surface area contributed by atoms with Crippen molar-refractivity contribution < 1.29 is 17.9 Å². The number of halogens is 3. The van der Waals surface area contributed by atoms with Crippen molar-refractivity contribution in [3.63, 3.8) is 0 Å². The van der Waals surface area contributed by atoms with Gasteiger partial charge in [0.1, 0.15) is 12.4 Å². The Bertz CT molecular complexity index is 849. The zero-order chi connectivity index (χ0) is 20.6. The summed E-state index contributed by atoms with van der Waals surface area (Å²) in [6, 6.07) is 6.48. The Morgan fingerprint density at radius 3 is 2.86 bits per heavy atom. The van der Waals surface area contributed by atoms with Crippen LogP contribution in [0.5, 0.6) is 5.75 Å². The molecule has 1 atom stereocenters. The Balaban J connectivity index is 1.50. The fourth-order valence-electron chi connectivity index (χ4n) is 3.08. The first-order chi connectivity index (χ1) is 14.1. The highest BCUT2D eigenvalue weighted by atomic mass is 19.2. The predicted molar refractivity (Wildman–Crippen MR) is 106 cm³/mol. The third-order valence-corrected chi connectivity index (χ3v) is 4.43. The third kappa shape index (κ3) is 5.75. The van der Waals surface area contributed by atoms with Crippen LogP contribution in [0.1, 0.15) is 13.3 Å². The number of anilines is 1. The number of nitrogens with one attached hydrogen (secondary N) is 2. The van der Waals surface area contributed by atoms with Gasteiger partial charge in [0, 0.05) is 37.9 Å². The highest BCUT2D eigenvalue weighted by Gasteiger charge is 2.25. The maximum atomic E-state index is 13.9. The van der Waals surface area contributed by atoms with Gasteiger partial charge in [-0.15, -0.1) is 0 Å². The number of guanidine groups is 1. The van der Waals surface area contributed by atoms with Gasteiger partial charge in [0.15, 0.2) is 29.2 Å². The van der Waals surface area contributed by atoms with E-state index < -0.39 is 11.6 Å². The van der Waals surface area contributed by atoms with Crippen molar-refractivity contribution in [3.05, 3.63) is 54.0 Å². The molecule has 2 heterocycles. The molecule has 9 heteroatoms. The molecule has 0 bridgehead atoms. The van der Waals surface area contributed by atoms with Crippen LogP contribution in [0.3, 0.4) is 0 Å². The van der Waals surface area contributed by atoms with Crippen molar-refractivity contribution in [1.29, 1.82) is 0 Å². The normalized spacial score (nSPS) is 16.8. The van der Waals surface area contributed by atoms with E-state index in [4.69, 9.17) is 4.74 Å². The fraction of sp³-hybridized carbons (Fsp3) is 0.400. The molecule has 2 N–H and O–H groups in total. The summed E-state index contributed by atoms with van der Waals surface area (Å²) in [6.07, 6.45) is 2.41. The SMILES string of the molecule is CCNC(=NCCOc1ccc(F)c(F)c1)NC1CCN(c2ncccc2F)C1. The molecular formula is C20H24F3N5O. The Morgan fingerprint density at radius 1 is 1.24 bits per heavy atom. The van der Waals surface area contributed by atoms with Crippen molar-refractivity contribution in [2.75, 3.05) is 37.7 Å². The molecule has 29 heavy (non-hydrogen) atoms. The van der Waals surface area contributed by atoms with Crippen molar-refractivity contribution in [1.82, 2.24) is 15.6 Å². The van der Waals surface area contributed by atoms with Crippen LogP contribution >= 0.6 is 0 Å². The first-order valence-electron chi connectivity index (χ1n) is 9.55. The highest BCUT2D eigenvalue weighted by Crippen LogP contribution is 2.20. The standard InChI is InChI=1S/C20H24F3N5O/c1-2-24-20(26-9-11-29-15-5-6-16(21)18(23)12-15)27-14-7-10-28(13-14)19-17(22)4-3-8-25-19/h3-6,8,12,14H,2,7,9-11,13H2,1H3,(H2,24,26,27). The van der Waals surface area contributed by atoms with Gasteiger partial charge in [0.05, 0.1) is 6.54 Å². The molecule has 0 saturated carbocycles. The Hall–Kier alpha value is -2.97. The highest BCUT2D eigenvalue weighted by molar-refractivity contribution is 5.80. The lowest BCUT2D eigenvalue weighted by Gasteiger charge is -2.20. The molecule has 0 spiro atoms. The van der Waals surface area contributed by atoms with E-state index >= 15 is 0 Å². The average Bonchev–Trinajstić information content (AvgIpc) is 3.16. The number of benzene rings is 1. The molecule has 0 amide bonds. The van der Waals surface area contributed by atoms with E-state index in [2.05, 4.69) is 20.6 Å². The van der Waals surface area contributed by atoms with Crippen LogP contribution in [0.2, 0.25) is 0 Å². The van der Waals surface area contributed by atoms with Gasteiger partial charge in [-0.2, -0.15) is 0 Å². The summed E-state index contributed by atoms with van der Waals surface area (Å²) in [7, 11) is 0. The number of aromatic nitrogens is 1. The minimum absolute atomic E-state index is 0.0984. The summed E-state index contributed by atoms with van der Waals surface area (Å²) in [5.74, 6) is -0.960. The summed E-state index contributed by atoms with van der Waals surface area (Å²) in [6.45, 7) is 4.51. The molecule has 3 rings (SSSR count). The van der Waals surface area contributed by atoms with Crippen LogP contribution in [0.25, 0.3) is 0 Å². The van der Waals surface area contributed by atoms with Crippen molar-refractivity contribution >= 4 is 11.8 Å². The van der Waals surface area contributed by atoms with E-state index in [0.29, 0.717) is 38.0 Å². The van der Waals surface area contributed by atoms with Gasteiger partial charge < -0.3 is 20.3 Å². The number of ether oxygens (including phenoxy) is 1. The first kappa shape index (κ1) is 20.8. The van der Waals surface area contributed by atoms with Gasteiger partial charge in [-0.25, -0.2) is 23.1 Å². The Labute approximate surface area is 167 Å². The molecule has 1 aliphatic heterocycles. The summed E-state index contributed by atoms with van der Waals surface area (Å²) in [5, 5.41) is 6.49. The number of pyridine rings is 1. The minimum atomic E-state index is -0.948. The second-order valence-electron chi connectivity index (χ2n) is 6.57. The van der Waals surface area contributed by atoms with Crippen LogP contribution < -0.4 is 20.3 Å². The van der Waals surface area contributed by atoms with E-state index in [0.717, 1.165) is 18.6 Å². The van der Waals surface area contributed by atoms with Crippen molar-refractivity contribution in [2.24, 2.45) is 4.99 Å². The number of nitrogens with zero attached hydrogens (tertiary/aromatic N) is 3. The number of hydrogen-bond donors (Lipinski definition) is 2. The molecule has 1 saturated heterocycles. The van der Waals surface area contributed by atoms with Gasteiger partial charge in [-0.05, 0) is 37.6 Å². The summed E-state index contributed by atoms with van der Waals surface area (Å²) in [5.41, 5.74) is 0. The zero-order valence-corrected chi connectivity index (χ0v) is 16.2.